The maximum Gasteiger partial charge on any atom is 0.272 e. The largest absolute Gasteiger partial charge is 0.368 e. The number of carbonyl (C=O) groups is 2. The lowest BCUT2D eigenvalue weighted by Crippen LogP contribution is -2.46. The lowest BCUT2D eigenvalue weighted by molar-refractivity contribution is -0.385. The van der Waals surface area contributed by atoms with Crippen molar-refractivity contribution in [3.63, 3.8) is 0 Å². The van der Waals surface area contributed by atoms with Crippen molar-refractivity contribution in [1.82, 2.24) is 5.32 Å². The first kappa shape index (κ1) is 18.1. The number of amides is 2. The molecule has 1 atom stereocenters. The fourth-order valence-electron chi connectivity index (χ4n) is 2.65. The van der Waals surface area contributed by atoms with Gasteiger partial charge in [0.25, 0.3) is 11.6 Å². The van der Waals surface area contributed by atoms with Crippen molar-refractivity contribution >= 4 is 17.5 Å². The predicted octanol–water partition coefficient (Wildman–Crippen LogP) is 2.04. The summed E-state index contributed by atoms with van der Waals surface area (Å²) in [7, 11) is 0. The van der Waals surface area contributed by atoms with Gasteiger partial charge in [0.05, 0.1) is 4.92 Å². The Labute approximate surface area is 145 Å². The van der Waals surface area contributed by atoms with Crippen LogP contribution in [-0.4, -0.2) is 22.8 Å². The van der Waals surface area contributed by atoms with E-state index in [1.165, 1.54) is 18.2 Å². The van der Waals surface area contributed by atoms with Gasteiger partial charge in [-0.1, -0.05) is 35.4 Å². The van der Waals surface area contributed by atoms with Crippen LogP contribution < -0.4 is 11.1 Å². The van der Waals surface area contributed by atoms with Crippen LogP contribution in [0.1, 0.15) is 27.0 Å². The van der Waals surface area contributed by atoms with Gasteiger partial charge in [-0.25, -0.2) is 0 Å². The third-order valence-corrected chi connectivity index (χ3v) is 3.74. The number of nitrogens with one attached hydrogen (secondary N) is 1. The number of nitro benzene ring substituents is 1. The number of nitrogens with two attached hydrogens (primary N) is 1. The molecule has 3 N–H and O–H groups in total. The molecule has 2 aromatic rings. The molecule has 7 nitrogen and oxygen atoms in total. The summed E-state index contributed by atoms with van der Waals surface area (Å²) in [6.07, 6.45) is -0.0526. The SMILES string of the molecule is Cc1cc(C)cc(C(=O)N[C@@H](Cc2ccccc2[N+](=O)[O-])C(N)=O)c1. The molecule has 0 aliphatic rings. The molecule has 25 heavy (non-hydrogen) atoms. The molecule has 0 heterocycles. The van der Waals surface area contributed by atoms with Crippen LogP contribution in [0.5, 0.6) is 0 Å². The van der Waals surface area contributed by atoms with E-state index in [4.69, 9.17) is 5.73 Å². The van der Waals surface area contributed by atoms with E-state index in [2.05, 4.69) is 5.32 Å². The molecule has 0 saturated heterocycles. The Balaban J connectivity index is 2.23. The van der Waals surface area contributed by atoms with Crippen LogP contribution in [0, 0.1) is 24.0 Å². The number of primary amides is 1. The van der Waals surface area contributed by atoms with Crippen LogP contribution in [0.15, 0.2) is 42.5 Å². The Bertz CT molecular complexity index is 813. The van der Waals surface area contributed by atoms with E-state index in [1.807, 2.05) is 19.9 Å². The lowest BCUT2D eigenvalue weighted by atomic mass is 10.0. The van der Waals surface area contributed by atoms with Crippen molar-refractivity contribution in [2.24, 2.45) is 5.73 Å². The monoisotopic (exact) mass is 341 g/mol. The second-order valence-corrected chi connectivity index (χ2v) is 5.89. The van der Waals surface area contributed by atoms with Gasteiger partial charge in [0.1, 0.15) is 6.04 Å². The molecule has 0 bridgehead atoms. The summed E-state index contributed by atoms with van der Waals surface area (Å²) in [5.41, 5.74) is 7.83. The maximum absolute atomic E-state index is 12.4. The summed E-state index contributed by atoms with van der Waals surface area (Å²) < 4.78 is 0. The number of nitrogens with zero attached hydrogens (tertiary/aromatic N) is 1. The van der Waals surface area contributed by atoms with Gasteiger partial charge < -0.3 is 11.1 Å². The molecule has 0 aliphatic carbocycles. The Morgan fingerprint density at radius 3 is 2.32 bits per heavy atom. The Kier molecular flexibility index (Phi) is 5.49. The highest BCUT2D eigenvalue weighted by atomic mass is 16.6. The summed E-state index contributed by atoms with van der Waals surface area (Å²) in [6, 6.07) is 10.3. The van der Waals surface area contributed by atoms with E-state index in [9.17, 15) is 19.7 Å². The molecule has 0 aromatic heterocycles. The van der Waals surface area contributed by atoms with Crippen LogP contribution in [0.3, 0.4) is 0 Å². The maximum atomic E-state index is 12.4. The third kappa shape index (κ3) is 4.63. The molecule has 0 spiro atoms. The van der Waals surface area contributed by atoms with Gasteiger partial charge in [0, 0.05) is 23.6 Å². The van der Waals surface area contributed by atoms with Crippen molar-refractivity contribution in [2.75, 3.05) is 0 Å². The molecule has 0 aliphatic heterocycles. The topological polar surface area (TPSA) is 115 Å². The van der Waals surface area contributed by atoms with Crippen molar-refractivity contribution in [1.29, 1.82) is 0 Å². The summed E-state index contributed by atoms with van der Waals surface area (Å²) >= 11 is 0. The highest BCUT2D eigenvalue weighted by Gasteiger charge is 2.23. The van der Waals surface area contributed by atoms with Crippen LogP contribution in [0.2, 0.25) is 0 Å². The number of hydrogen-bond donors (Lipinski definition) is 2. The van der Waals surface area contributed by atoms with Crippen LogP contribution in [0.25, 0.3) is 0 Å². The number of aryl methyl sites for hydroxylation is 2. The van der Waals surface area contributed by atoms with E-state index in [-0.39, 0.29) is 12.1 Å². The summed E-state index contributed by atoms with van der Waals surface area (Å²) in [4.78, 5) is 34.7. The zero-order chi connectivity index (χ0) is 18.6. The number of nitro groups is 1. The van der Waals surface area contributed by atoms with Crippen molar-refractivity contribution in [2.45, 2.75) is 26.3 Å². The predicted molar refractivity (Wildman–Crippen MR) is 93.2 cm³/mol. The van der Waals surface area contributed by atoms with E-state index >= 15 is 0 Å². The highest BCUT2D eigenvalue weighted by molar-refractivity contribution is 5.97. The molecule has 2 aromatic carbocycles. The minimum absolute atomic E-state index is 0.0526. The summed E-state index contributed by atoms with van der Waals surface area (Å²) in [5.74, 6) is -1.20. The highest BCUT2D eigenvalue weighted by Crippen LogP contribution is 2.19. The average molecular weight is 341 g/mol. The standard InChI is InChI=1S/C18H19N3O4/c1-11-7-12(2)9-14(8-11)18(23)20-15(17(19)22)10-13-5-3-4-6-16(13)21(24)25/h3-9,15H,10H2,1-2H3,(H2,19,22)(H,20,23)/t15-/m0/s1. The Morgan fingerprint density at radius 1 is 1.16 bits per heavy atom. The fourth-order valence-corrected chi connectivity index (χ4v) is 2.65. The van der Waals surface area contributed by atoms with E-state index in [0.717, 1.165) is 11.1 Å². The van der Waals surface area contributed by atoms with Crippen molar-refractivity contribution in [3.05, 3.63) is 74.8 Å². The quantitative estimate of drug-likeness (QED) is 0.618. The second kappa shape index (κ2) is 7.57. The molecule has 0 unspecified atom stereocenters. The first-order chi connectivity index (χ1) is 11.8. The normalized spacial score (nSPS) is 11.6. The van der Waals surface area contributed by atoms with Gasteiger partial charge in [-0.05, 0) is 26.0 Å². The molecule has 2 amide bonds. The molecule has 2 rings (SSSR count). The number of para-hydroxylation sites is 1. The van der Waals surface area contributed by atoms with Crippen LogP contribution in [0.4, 0.5) is 5.69 Å². The van der Waals surface area contributed by atoms with Gasteiger partial charge in [-0.15, -0.1) is 0 Å². The fraction of sp³-hybridized carbons (Fsp3) is 0.222. The Morgan fingerprint density at radius 2 is 1.76 bits per heavy atom. The molecular formula is C18H19N3O4. The van der Waals surface area contributed by atoms with Gasteiger partial charge >= 0.3 is 0 Å². The third-order valence-electron chi connectivity index (χ3n) is 3.74. The molecular weight excluding hydrogens is 322 g/mol. The molecule has 0 radical (unpaired) electrons. The van der Waals surface area contributed by atoms with E-state index in [1.54, 1.807) is 18.2 Å². The molecule has 0 saturated carbocycles. The number of carbonyl (C=O) groups excluding carboxylic acids is 2. The van der Waals surface area contributed by atoms with Crippen molar-refractivity contribution in [3.8, 4) is 0 Å². The summed E-state index contributed by atoms with van der Waals surface area (Å²) in [5, 5.41) is 13.7. The second-order valence-electron chi connectivity index (χ2n) is 5.89. The molecule has 0 fully saturated rings. The average Bonchev–Trinajstić information content (AvgIpc) is 2.53. The van der Waals surface area contributed by atoms with Gasteiger partial charge in [0.2, 0.25) is 5.91 Å². The zero-order valence-electron chi connectivity index (χ0n) is 14.0. The number of benzene rings is 2. The van der Waals surface area contributed by atoms with Crippen LogP contribution >= 0.6 is 0 Å². The van der Waals surface area contributed by atoms with Gasteiger partial charge in [-0.2, -0.15) is 0 Å². The minimum Gasteiger partial charge on any atom is -0.368 e. The first-order valence-electron chi connectivity index (χ1n) is 7.68. The summed E-state index contributed by atoms with van der Waals surface area (Å²) in [6.45, 7) is 3.73. The zero-order valence-corrected chi connectivity index (χ0v) is 14.0. The lowest BCUT2D eigenvalue weighted by Gasteiger charge is -2.16. The van der Waals surface area contributed by atoms with Crippen LogP contribution in [-0.2, 0) is 11.2 Å². The van der Waals surface area contributed by atoms with Gasteiger partial charge in [0.15, 0.2) is 0 Å². The number of hydrogen-bond acceptors (Lipinski definition) is 4. The molecule has 130 valence electrons. The Hall–Kier alpha value is -3.22. The number of rotatable bonds is 6. The van der Waals surface area contributed by atoms with E-state index in [0.29, 0.717) is 11.1 Å². The first-order valence-corrected chi connectivity index (χ1v) is 7.68. The van der Waals surface area contributed by atoms with Crippen molar-refractivity contribution < 1.29 is 14.5 Å². The van der Waals surface area contributed by atoms with E-state index < -0.39 is 22.8 Å². The molecule has 7 heteroatoms. The smallest absolute Gasteiger partial charge is 0.272 e. The minimum atomic E-state index is -1.05. The van der Waals surface area contributed by atoms with Gasteiger partial charge in [-0.3, -0.25) is 19.7 Å².